The van der Waals surface area contributed by atoms with Crippen LogP contribution in [0, 0.1) is 17.2 Å². The van der Waals surface area contributed by atoms with Crippen LogP contribution in [0.2, 0.25) is 5.02 Å². The first kappa shape index (κ1) is 25.6. The van der Waals surface area contributed by atoms with Gasteiger partial charge >= 0.3 is 5.97 Å². The van der Waals surface area contributed by atoms with Gasteiger partial charge in [-0.25, -0.2) is 0 Å². The van der Waals surface area contributed by atoms with Crippen LogP contribution < -0.4 is 15.4 Å². The van der Waals surface area contributed by atoms with Crippen molar-refractivity contribution >= 4 is 62.8 Å². The lowest BCUT2D eigenvalue weighted by molar-refractivity contribution is -0.150. The Kier molecular flexibility index (Phi) is 8.61. The zero-order chi connectivity index (χ0) is 24.8. The zero-order valence-electron chi connectivity index (χ0n) is 18.1. The van der Waals surface area contributed by atoms with Crippen molar-refractivity contribution < 1.29 is 23.9 Å². The summed E-state index contributed by atoms with van der Waals surface area (Å²) in [7, 11) is 2.68. The Hall–Kier alpha value is -3.00. The molecule has 0 radical (unpaired) electrons. The highest BCUT2D eigenvalue weighted by atomic mass is 79.9. The van der Waals surface area contributed by atoms with Crippen molar-refractivity contribution in [1.82, 2.24) is 5.32 Å². The smallest absolute Gasteiger partial charge is 0.319 e. The highest BCUT2D eigenvalue weighted by molar-refractivity contribution is 9.10. The van der Waals surface area contributed by atoms with Crippen molar-refractivity contribution in [3.8, 4) is 11.8 Å². The second-order valence-electron chi connectivity index (χ2n) is 7.03. The minimum absolute atomic E-state index is 0.103. The Balaban J connectivity index is 1.94. The van der Waals surface area contributed by atoms with Gasteiger partial charge in [-0.3, -0.25) is 14.4 Å². The number of thioether (sulfide) groups is 1. The molecular weight excluding hydrogens is 546 g/mol. The van der Waals surface area contributed by atoms with E-state index in [0.29, 0.717) is 26.5 Å². The SMILES string of the molecule is COC(=O)[C@@H]1C(=O)NC(SCC(=O)Nc2ccccc2Cl)=C(C#N)[C@@H]1c1ccc(OC)c(Br)c1. The maximum Gasteiger partial charge on any atom is 0.319 e. The number of allylic oxidation sites excluding steroid dienone is 1. The molecule has 0 spiro atoms. The summed E-state index contributed by atoms with van der Waals surface area (Å²) in [6, 6.07) is 13.9. The second kappa shape index (κ2) is 11.4. The van der Waals surface area contributed by atoms with Crippen LogP contribution in [0.1, 0.15) is 11.5 Å². The molecule has 176 valence electrons. The summed E-state index contributed by atoms with van der Waals surface area (Å²) in [5.74, 6) is -3.53. The van der Waals surface area contributed by atoms with Crippen molar-refractivity contribution in [2.24, 2.45) is 5.92 Å². The molecule has 8 nitrogen and oxygen atoms in total. The van der Waals surface area contributed by atoms with Crippen molar-refractivity contribution in [2.45, 2.75) is 5.92 Å². The van der Waals surface area contributed by atoms with Gasteiger partial charge in [0.25, 0.3) is 0 Å². The average molecular weight is 565 g/mol. The monoisotopic (exact) mass is 563 g/mol. The number of carbonyl (C=O) groups is 3. The van der Waals surface area contributed by atoms with Gasteiger partial charge in [-0.05, 0) is 45.8 Å². The van der Waals surface area contributed by atoms with Crippen LogP contribution in [0.25, 0.3) is 0 Å². The number of rotatable bonds is 7. The normalized spacial score (nSPS) is 17.4. The quantitative estimate of drug-likeness (QED) is 0.382. The van der Waals surface area contributed by atoms with Gasteiger partial charge in [0.2, 0.25) is 11.8 Å². The molecule has 3 rings (SSSR count). The van der Waals surface area contributed by atoms with Gasteiger partial charge in [-0.1, -0.05) is 41.6 Å². The summed E-state index contributed by atoms with van der Waals surface area (Å²) in [6.45, 7) is 0. The molecule has 2 amide bonds. The highest BCUT2D eigenvalue weighted by Gasteiger charge is 2.44. The van der Waals surface area contributed by atoms with Gasteiger partial charge in [0.1, 0.15) is 11.7 Å². The Morgan fingerprint density at radius 2 is 2.00 bits per heavy atom. The maximum absolute atomic E-state index is 12.9. The van der Waals surface area contributed by atoms with Gasteiger partial charge < -0.3 is 20.1 Å². The fourth-order valence-corrected chi connectivity index (χ4v) is 5.03. The summed E-state index contributed by atoms with van der Waals surface area (Å²) in [6.07, 6.45) is 0. The summed E-state index contributed by atoms with van der Waals surface area (Å²) in [5, 5.41) is 15.8. The number of hydrogen-bond donors (Lipinski definition) is 2. The number of halogens is 2. The van der Waals surface area contributed by atoms with Crippen molar-refractivity contribution in [2.75, 3.05) is 25.3 Å². The number of nitrogens with zero attached hydrogens (tertiary/aromatic N) is 1. The summed E-state index contributed by atoms with van der Waals surface area (Å²) in [5.41, 5.74) is 1.12. The minimum Gasteiger partial charge on any atom is -0.496 e. The molecule has 0 fully saturated rings. The Labute approximate surface area is 213 Å². The van der Waals surface area contributed by atoms with Crippen LogP contribution in [0.15, 0.2) is 57.5 Å². The topological polar surface area (TPSA) is 118 Å². The predicted octanol–water partition coefficient (Wildman–Crippen LogP) is 4.22. The van der Waals surface area contributed by atoms with E-state index in [4.69, 9.17) is 21.1 Å². The molecule has 0 unspecified atom stereocenters. The van der Waals surface area contributed by atoms with E-state index in [0.717, 1.165) is 11.8 Å². The molecule has 2 N–H and O–H groups in total. The number of para-hydroxylation sites is 1. The number of nitrogens with one attached hydrogen (secondary N) is 2. The van der Waals surface area contributed by atoms with Crippen molar-refractivity contribution in [1.29, 1.82) is 5.26 Å². The molecular formula is C23H19BrClN3O5S. The van der Waals surface area contributed by atoms with E-state index in [1.165, 1.54) is 14.2 Å². The Morgan fingerprint density at radius 3 is 2.62 bits per heavy atom. The number of benzene rings is 2. The van der Waals surface area contributed by atoms with E-state index in [2.05, 4.69) is 32.6 Å². The van der Waals surface area contributed by atoms with Gasteiger partial charge in [0.15, 0.2) is 0 Å². The largest absolute Gasteiger partial charge is 0.496 e. The molecule has 1 heterocycles. The molecule has 0 bridgehead atoms. The number of ether oxygens (including phenoxy) is 2. The van der Waals surface area contributed by atoms with E-state index in [9.17, 15) is 19.6 Å². The number of methoxy groups -OCH3 is 2. The molecule has 34 heavy (non-hydrogen) atoms. The maximum atomic E-state index is 12.9. The zero-order valence-corrected chi connectivity index (χ0v) is 21.2. The first-order valence-corrected chi connectivity index (χ1v) is 12.0. The first-order valence-electron chi connectivity index (χ1n) is 9.84. The lowest BCUT2D eigenvalue weighted by atomic mass is 9.78. The Morgan fingerprint density at radius 1 is 1.26 bits per heavy atom. The number of esters is 1. The van der Waals surface area contributed by atoms with Crippen LogP contribution >= 0.6 is 39.3 Å². The van der Waals surface area contributed by atoms with Gasteiger partial charge in [0, 0.05) is 5.92 Å². The van der Waals surface area contributed by atoms with E-state index in [-0.39, 0.29) is 22.3 Å². The fourth-order valence-electron chi connectivity index (χ4n) is 3.44. The third-order valence-electron chi connectivity index (χ3n) is 5.01. The number of anilines is 1. The van der Waals surface area contributed by atoms with E-state index >= 15 is 0 Å². The fraction of sp³-hybridized carbons (Fsp3) is 0.217. The first-order chi connectivity index (χ1) is 16.3. The predicted molar refractivity (Wildman–Crippen MR) is 132 cm³/mol. The third-order valence-corrected chi connectivity index (χ3v) is 6.98. The number of hydrogen-bond acceptors (Lipinski definition) is 7. The van der Waals surface area contributed by atoms with Gasteiger partial charge in [0.05, 0.1) is 51.8 Å². The van der Waals surface area contributed by atoms with Crippen molar-refractivity contribution in [3.63, 3.8) is 0 Å². The molecule has 0 aliphatic carbocycles. The standard InChI is InChI=1S/C23H19BrClN3O5S/c1-32-17-8-7-12(9-14(17)24)19-13(10-26)22(28-21(30)20(19)23(31)33-2)34-11-18(29)27-16-6-4-3-5-15(16)25/h3-9,19-20H,11H2,1-2H3,(H,27,29)(H,28,30)/t19-,20-/m0/s1. The molecule has 2 aromatic rings. The van der Waals surface area contributed by atoms with Crippen LogP contribution in [-0.4, -0.2) is 37.8 Å². The van der Waals surface area contributed by atoms with Crippen LogP contribution in [-0.2, 0) is 19.1 Å². The summed E-state index contributed by atoms with van der Waals surface area (Å²) < 4.78 is 10.7. The number of carbonyl (C=O) groups excluding carboxylic acids is 3. The molecule has 0 saturated heterocycles. The van der Waals surface area contributed by atoms with Crippen molar-refractivity contribution in [3.05, 3.63) is 68.1 Å². The Bertz CT molecular complexity index is 1210. The third kappa shape index (κ3) is 5.55. The number of amides is 2. The highest BCUT2D eigenvalue weighted by Crippen LogP contribution is 2.42. The molecule has 0 aromatic heterocycles. The molecule has 1 aliphatic rings. The van der Waals surface area contributed by atoms with Crippen LogP contribution in [0.4, 0.5) is 5.69 Å². The van der Waals surface area contributed by atoms with Crippen LogP contribution in [0.5, 0.6) is 5.75 Å². The average Bonchev–Trinajstić information content (AvgIpc) is 2.83. The molecule has 1 aliphatic heterocycles. The van der Waals surface area contributed by atoms with Crippen LogP contribution in [0.3, 0.4) is 0 Å². The molecule has 0 saturated carbocycles. The lowest BCUT2D eigenvalue weighted by Crippen LogP contribution is -2.44. The summed E-state index contributed by atoms with van der Waals surface area (Å²) in [4.78, 5) is 37.9. The number of nitriles is 1. The van der Waals surface area contributed by atoms with Gasteiger partial charge in [-0.15, -0.1) is 0 Å². The van der Waals surface area contributed by atoms with E-state index in [1.807, 2.05) is 0 Å². The van der Waals surface area contributed by atoms with Gasteiger partial charge in [-0.2, -0.15) is 5.26 Å². The summed E-state index contributed by atoms with van der Waals surface area (Å²) >= 11 is 10.5. The molecule has 2 atom stereocenters. The van der Waals surface area contributed by atoms with E-state index < -0.39 is 23.7 Å². The molecule has 2 aromatic carbocycles. The molecule has 11 heteroatoms. The lowest BCUT2D eigenvalue weighted by Gasteiger charge is -2.31. The minimum atomic E-state index is -1.28. The van der Waals surface area contributed by atoms with E-state index in [1.54, 1.807) is 42.5 Å². The second-order valence-corrected chi connectivity index (χ2v) is 9.28.